The maximum Gasteiger partial charge on any atom is 0.0446 e. The molecule has 0 aliphatic carbocycles. The third-order valence-electron chi connectivity index (χ3n) is 2.69. The first-order valence-corrected chi connectivity index (χ1v) is 7.10. The lowest BCUT2D eigenvalue weighted by Gasteiger charge is -2.21. The van der Waals surface area contributed by atoms with Crippen molar-refractivity contribution in [3.8, 4) is 0 Å². The fourth-order valence-corrected chi connectivity index (χ4v) is 2.84. The summed E-state index contributed by atoms with van der Waals surface area (Å²) in [6.45, 7) is 5.17. The molecule has 16 heavy (non-hydrogen) atoms. The average molecular weight is 258 g/mol. The molecule has 0 radical (unpaired) electrons. The minimum absolute atomic E-state index is 0.257. The lowest BCUT2D eigenvalue weighted by molar-refractivity contribution is 0.368. The molecule has 0 unspecified atom stereocenters. The molecule has 0 aromatic heterocycles. The number of rotatable bonds is 6. The topological polar surface area (TPSA) is 26.0 Å². The quantitative estimate of drug-likeness (QED) is 0.781. The number of benzene rings is 1. The van der Waals surface area contributed by atoms with Crippen molar-refractivity contribution in [2.75, 3.05) is 12.3 Å². The van der Waals surface area contributed by atoms with Crippen LogP contribution in [0.15, 0.2) is 24.3 Å². The van der Waals surface area contributed by atoms with E-state index in [0.717, 1.165) is 29.5 Å². The Hall–Kier alpha value is -0.180. The lowest BCUT2D eigenvalue weighted by Crippen LogP contribution is -2.24. The van der Waals surface area contributed by atoms with E-state index in [9.17, 15) is 0 Å². The van der Waals surface area contributed by atoms with Crippen LogP contribution in [0.1, 0.15) is 25.8 Å². The third-order valence-corrected chi connectivity index (χ3v) is 4.07. The molecule has 1 aromatic rings. The van der Waals surface area contributed by atoms with Crippen molar-refractivity contribution in [1.29, 1.82) is 0 Å². The second-order valence-electron chi connectivity index (χ2n) is 4.76. The van der Waals surface area contributed by atoms with Crippen LogP contribution in [0.4, 0.5) is 0 Å². The van der Waals surface area contributed by atoms with Crippen molar-refractivity contribution in [2.45, 2.75) is 26.0 Å². The molecule has 0 amide bonds. The van der Waals surface area contributed by atoms with Gasteiger partial charge in [-0.15, -0.1) is 0 Å². The van der Waals surface area contributed by atoms with Crippen LogP contribution >= 0.6 is 23.4 Å². The molecule has 0 saturated carbocycles. The van der Waals surface area contributed by atoms with Crippen LogP contribution in [0.5, 0.6) is 0 Å². The highest BCUT2D eigenvalue weighted by Crippen LogP contribution is 2.25. The van der Waals surface area contributed by atoms with Gasteiger partial charge in [0.25, 0.3) is 0 Å². The summed E-state index contributed by atoms with van der Waals surface area (Å²) in [5.74, 6) is 2.12. The zero-order chi connectivity index (χ0) is 12.0. The van der Waals surface area contributed by atoms with Crippen LogP contribution in [-0.4, -0.2) is 12.3 Å². The summed E-state index contributed by atoms with van der Waals surface area (Å²) in [7, 11) is 0. The predicted molar refractivity (Wildman–Crippen MR) is 75.1 cm³/mol. The van der Waals surface area contributed by atoms with Gasteiger partial charge >= 0.3 is 0 Å². The molecule has 1 nitrogen and oxygen atoms in total. The number of hydrogen-bond donors (Lipinski definition) is 1. The van der Waals surface area contributed by atoms with Gasteiger partial charge in [-0.05, 0) is 35.8 Å². The first-order valence-electron chi connectivity index (χ1n) is 5.56. The number of nitrogens with two attached hydrogens (primary N) is 1. The normalized spacial score (nSPS) is 11.8. The Kier molecular flexibility index (Phi) is 5.67. The van der Waals surface area contributed by atoms with Crippen LogP contribution in [-0.2, 0) is 5.75 Å². The molecule has 0 saturated heterocycles. The van der Waals surface area contributed by atoms with Crippen molar-refractivity contribution in [1.82, 2.24) is 0 Å². The van der Waals surface area contributed by atoms with Crippen molar-refractivity contribution < 1.29 is 0 Å². The van der Waals surface area contributed by atoms with Crippen LogP contribution in [0.3, 0.4) is 0 Å². The number of hydrogen-bond acceptors (Lipinski definition) is 2. The third kappa shape index (κ3) is 4.77. The average Bonchev–Trinajstić information content (AvgIpc) is 2.27. The zero-order valence-corrected chi connectivity index (χ0v) is 11.6. The molecule has 0 aliphatic rings. The molecule has 0 bridgehead atoms. The smallest absolute Gasteiger partial charge is 0.0446 e. The molecule has 90 valence electrons. The van der Waals surface area contributed by atoms with Gasteiger partial charge in [-0.3, -0.25) is 0 Å². The summed E-state index contributed by atoms with van der Waals surface area (Å²) in [5.41, 5.74) is 7.17. The second-order valence-corrected chi connectivity index (χ2v) is 6.27. The van der Waals surface area contributed by atoms with Gasteiger partial charge in [0.1, 0.15) is 0 Å². The van der Waals surface area contributed by atoms with E-state index >= 15 is 0 Å². The Labute approximate surface area is 108 Å². The Morgan fingerprint density at radius 1 is 1.31 bits per heavy atom. The minimum atomic E-state index is 0.257. The maximum absolute atomic E-state index is 6.09. The van der Waals surface area contributed by atoms with E-state index in [1.54, 1.807) is 0 Å². The molecule has 1 rings (SSSR count). The Balaban J connectivity index is 2.29. The summed E-state index contributed by atoms with van der Waals surface area (Å²) < 4.78 is 0. The van der Waals surface area contributed by atoms with Crippen molar-refractivity contribution >= 4 is 23.4 Å². The molecule has 3 heteroatoms. The van der Waals surface area contributed by atoms with E-state index in [-0.39, 0.29) is 5.41 Å². The SMILES string of the molecule is CC(C)(CN)CCSCc1ccccc1Cl. The van der Waals surface area contributed by atoms with Crippen molar-refractivity contribution in [3.05, 3.63) is 34.9 Å². The molecule has 0 heterocycles. The monoisotopic (exact) mass is 257 g/mol. The van der Waals surface area contributed by atoms with Gasteiger partial charge in [0.2, 0.25) is 0 Å². The van der Waals surface area contributed by atoms with Gasteiger partial charge in [0, 0.05) is 10.8 Å². The molecular weight excluding hydrogens is 238 g/mol. The molecule has 0 aliphatic heterocycles. The highest BCUT2D eigenvalue weighted by molar-refractivity contribution is 7.98. The zero-order valence-electron chi connectivity index (χ0n) is 10.0. The standard InChI is InChI=1S/C13H20ClNS/c1-13(2,10-15)7-8-16-9-11-5-3-4-6-12(11)14/h3-6H,7-10,15H2,1-2H3. The molecule has 0 spiro atoms. The Morgan fingerprint density at radius 2 is 2.00 bits per heavy atom. The van der Waals surface area contributed by atoms with E-state index in [4.69, 9.17) is 17.3 Å². The van der Waals surface area contributed by atoms with Crippen molar-refractivity contribution in [3.63, 3.8) is 0 Å². The fraction of sp³-hybridized carbons (Fsp3) is 0.538. The number of thioether (sulfide) groups is 1. The highest BCUT2D eigenvalue weighted by Gasteiger charge is 2.14. The first kappa shape index (κ1) is 13.9. The van der Waals surface area contributed by atoms with E-state index in [1.165, 1.54) is 5.56 Å². The molecule has 2 N–H and O–H groups in total. The molecule has 0 fully saturated rings. The van der Waals surface area contributed by atoms with Gasteiger partial charge in [-0.25, -0.2) is 0 Å². The summed E-state index contributed by atoms with van der Waals surface area (Å²) in [5, 5.41) is 0.869. The van der Waals surface area contributed by atoms with Gasteiger partial charge in [-0.1, -0.05) is 43.6 Å². The van der Waals surface area contributed by atoms with Crippen LogP contribution in [0, 0.1) is 5.41 Å². The van der Waals surface area contributed by atoms with Gasteiger partial charge < -0.3 is 5.73 Å². The predicted octanol–water partition coefficient (Wildman–Crippen LogP) is 3.95. The number of halogens is 1. The van der Waals surface area contributed by atoms with Gasteiger partial charge in [0.05, 0.1) is 0 Å². The fourth-order valence-electron chi connectivity index (χ4n) is 1.25. The maximum atomic E-state index is 6.09. The molecule has 1 aromatic carbocycles. The summed E-state index contributed by atoms with van der Waals surface area (Å²) in [4.78, 5) is 0. The summed E-state index contributed by atoms with van der Waals surface area (Å²) in [6, 6.07) is 8.03. The summed E-state index contributed by atoms with van der Waals surface area (Å²) >= 11 is 8.01. The van der Waals surface area contributed by atoms with Gasteiger partial charge in [-0.2, -0.15) is 11.8 Å². The van der Waals surface area contributed by atoms with Crippen molar-refractivity contribution in [2.24, 2.45) is 11.1 Å². The highest BCUT2D eigenvalue weighted by atomic mass is 35.5. The van der Waals surface area contributed by atoms with E-state index in [0.29, 0.717) is 0 Å². The lowest BCUT2D eigenvalue weighted by atomic mass is 9.91. The minimum Gasteiger partial charge on any atom is -0.330 e. The van der Waals surface area contributed by atoms with Crippen LogP contribution < -0.4 is 5.73 Å². The second kappa shape index (κ2) is 6.53. The molecular formula is C13H20ClNS. The molecule has 0 atom stereocenters. The Morgan fingerprint density at radius 3 is 2.62 bits per heavy atom. The first-order chi connectivity index (χ1) is 7.55. The summed E-state index contributed by atoms with van der Waals surface area (Å²) in [6.07, 6.45) is 1.15. The van der Waals surface area contributed by atoms with E-state index < -0.39 is 0 Å². The van der Waals surface area contributed by atoms with E-state index in [1.807, 2.05) is 30.0 Å². The van der Waals surface area contributed by atoms with Crippen LogP contribution in [0.25, 0.3) is 0 Å². The largest absolute Gasteiger partial charge is 0.330 e. The van der Waals surface area contributed by atoms with E-state index in [2.05, 4.69) is 19.9 Å². The van der Waals surface area contributed by atoms with Crippen LogP contribution in [0.2, 0.25) is 5.02 Å². The van der Waals surface area contributed by atoms with Gasteiger partial charge in [0.15, 0.2) is 0 Å². The Bertz CT molecular complexity index is 325.